The molecule has 16 heavy (non-hydrogen) atoms. The summed E-state index contributed by atoms with van der Waals surface area (Å²) >= 11 is 0. The minimum absolute atomic E-state index is 0.0297. The van der Waals surface area contributed by atoms with Gasteiger partial charge in [-0.25, -0.2) is 0 Å². The SMILES string of the molecule is COc1cc(C)c(C(C)CC(=O)O)cc1C. The third-order valence-corrected chi connectivity index (χ3v) is 2.80. The van der Waals surface area contributed by atoms with E-state index >= 15 is 0 Å². The molecule has 0 bridgehead atoms. The first kappa shape index (κ1) is 12.6. The van der Waals surface area contributed by atoms with Crippen LogP contribution in [0.5, 0.6) is 5.75 Å². The zero-order chi connectivity index (χ0) is 12.3. The molecule has 0 aliphatic carbocycles. The van der Waals surface area contributed by atoms with Crippen LogP contribution in [0.2, 0.25) is 0 Å². The molecule has 3 nitrogen and oxygen atoms in total. The van der Waals surface area contributed by atoms with E-state index in [0.717, 1.165) is 22.4 Å². The second-order valence-electron chi connectivity index (χ2n) is 4.18. The number of methoxy groups -OCH3 is 1. The van der Waals surface area contributed by atoms with Gasteiger partial charge in [0, 0.05) is 0 Å². The normalized spacial score (nSPS) is 12.2. The van der Waals surface area contributed by atoms with Gasteiger partial charge in [0.15, 0.2) is 0 Å². The lowest BCUT2D eigenvalue weighted by atomic mass is 9.92. The minimum Gasteiger partial charge on any atom is -0.496 e. The standard InChI is InChI=1S/C13H18O3/c1-8-6-12(16-4)10(3)5-11(8)9(2)7-13(14)15/h5-6,9H,7H2,1-4H3,(H,14,15). The van der Waals surface area contributed by atoms with E-state index in [4.69, 9.17) is 9.84 Å². The summed E-state index contributed by atoms with van der Waals surface area (Å²) in [7, 11) is 1.64. The van der Waals surface area contributed by atoms with E-state index in [1.54, 1.807) is 7.11 Å². The Kier molecular flexibility index (Phi) is 3.93. The van der Waals surface area contributed by atoms with E-state index in [-0.39, 0.29) is 12.3 Å². The number of hydrogen-bond acceptors (Lipinski definition) is 2. The lowest BCUT2D eigenvalue weighted by molar-refractivity contribution is -0.137. The predicted molar refractivity (Wildman–Crippen MR) is 63.1 cm³/mol. The van der Waals surface area contributed by atoms with Crippen LogP contribution >= 0.6 is 0 Å². The fourth-order valence-electron chi connectivity index (χ4n) is 1.93. The van der Waals surface area contributed by atoms with Crippen LogP contribution in [0.4, 0.5) is 0 Å². The van der Waals surface area contributed by atoms with E-state index in [0.29, 0.717) is 0 Å². The van der Waals surface area contributed by atoms with Gasteiger partial charge in [-0.05, 0) is 42.5 Å². The summed E-state index contributed by atoms with van der Waals surface area (Å²) in [4.78, 5) is 10.7. The molecule has 0 saturated carbocycles. The number of carboxylic acid groups (broad SMARTS) is 1. The summed E-state index contributed by atoms with van der Waals surface area (Å²) in [6.45, 7) is 5.88. The molecule has 1 unspecified atom stereocenters. The fraction of sp³-hybridized carbons (Fsp3) is 0.462. The summed E-state index contributed by atoms with van der Waals surface area (Å²) in [6.07, 6.45) is 0.159. The van der Waals surface area contributed by atoms with E-state index < -0.39 is 5.97 Å². The molecule has 3 heteroatoms. The third kappa shape index (κ3) is 2.75. The first-order valence-corrected chi connectivity index (χ1v) is 5.32. The molecule has 1 atom stereocenters. The number of carboxylic acids is 1. The average Bonchev–Trinajstić information content (AvgIpc) is 2.19. The quantitative estimate of drug-likeness (QED) is 0.852. The van der Waals surface area contributed by atoms with E-state index in [9.17, 15) is 4.79 Å². The highest BCUT2D eigenvalue weighted by atomic mass is 16.5. The zero-order valence-corrected chi connectivity index (χ0v) is 10.2. The van der Waals surface area contributed by atoms with Crippen LogP contribution in [0.15, 0.2) is 12.1 Å². The van der Waals surface area contributed by atoms with Gasteiger partial charge in [0.2, 0.25) is 0 Å². The van der Waals surface area contributed by atoms with Crippen molar-refractivity contribution in [1.29, 1.82) is 0 Å². The number of aliphatic carboxylic acids is 1. The molecule has 0 heterocycles. The Morgan fingerprint density at radius 1 is 1.38 bits per heavy atom. The van der Waals surface area contributed by atoms with Crippen molar-refractivity contribution in [3.05, 3.63) is 28.8 Å². The molecular formula is C13H18O3. The summed E-state index contributed by atoms with van der Waals surface area (Å²) in [5.74, 6) is 0.117. The van der Waals surface area contributed by atoms with Gasteiger partial charge < -0.3 is 9.84 Å². The van der Waals surface area contributed by atoms with Crippen molar-refractivity contribution in [3.8, 4) is 5.75 Å². The van der Waals surface area contributed by atoms with Gasteiger partial charge >= 0.3 is 5.97 Å². The second kappa shape index (κ2) is 5.01. The predicted octanol–water partition coefficient (Wildman–Crippen LogP) is 2.89. The molecule has 1 aromatic carbocycles. The summed E-state index contributed by atoms with van der Waals surface area (Å²) in [5.41, 5.74) is 3.21. The molecular weight excluding hydrogens is 204 g/mol. The number of hydrogen-bond donors (Lipinski definition) is 1. The van der Waals surface area contributed by atoms with Crippen LogP contribution in [0, 0.1) is 13.8 Å². The Morgan fingerprint density at radius 3 is 2.50 bits per heavy atom. The van der Waals surface area contributed by atoms with Crippen LogP contribution < -0.4 is 4.74 Å². The summed E-state index contributed by atoms with van der Waals surface area (Å²) < 4.78 is 5.23. The number of benzene rings is 1. The highest BCUT2D eigenvalue weighted by Gasteiger charge is 2.14. The molecule has 1 N–H and O–H groups in total. The maximum absolute atomic E-state index is 10.7. The average molecular weight is 222 g/mol. The molecule has 0 aromatic heterocycles. The number of aryl methyl sites for hydroxylation is 2. The van der Waals surface area contributed by atoms with Crippen LogP contribution in [0.1, 0.15) is 36.0 Å². The van der Waals surface area contributed by atoms with Gasteiger partial charge in [-0.2, -0.15) is 0 Å². The first-order valence-electron chi connectivity index (χ1n) is 5.32. The highest BCUT2D eigenvalue weighted by Crippen LogP contribution is 2.29. The highest BCUT2D eigenvalue weighted by molar-refractivity contribution is 5.68. The fourth-order valence-corrected chi connectivity index (χ4v) is 1.93. The van der Waals surface area contributed by atoms with Crippen molar-refractivity contribution >= 4 is 5.97 Å². The Bertz CT molecular complexity index is 396. The maximum Gasteiger partial charge on any atom is 0.303 e. The molecule has 0 aliphatic rings. The molecule has 0 fully saturated rings. The van der Waals surface area contributed by atoms with E-state index in [1.165, 1.54) is 0 Å². The van der Waals surface area contributed by atoms with Gasteiger partial charge in [0.25, 0.3) is 0 Å². The Morgan fingerprint density at radius 2 is 2.00 bits per heavy atom. The Balaban J connectivity index is 3.05. The van der Waals surface area contributed by atoms with Gasteiger partial charge in [-0.1, -0.05) is 13.0 Å². The molecule has 0 spiro atoms. The maximum atomic E-state index is 10.7. The van der Waals surface area contributed by atoms with E-state index in [1.807, 2.05) is 32.9 Å². The molecule has 0 aliphatic heterocycles. The molecule has 1 rings (SSSR count). The molecule has 1 aromatic rings. The van der Waals surface area contributed by atoms with Gasteiger partial charge in [-0.3, -0.25) is 4.79 Å². The second-order valence-corrected chi connectivity index (χ2v) is 4.18. The van der Waals surface area contributed by atoms with Crippen molar-refractivity contribution in [2.75, 3.05) is 7.11 Å². The smallest absolute Gasteiger partial charge is 0.303 e. The topological polar surface area (TPSA) is 46.5 Å². The van der Waals surface area contributed by atoms with Crippen molar-refractivity contribution in [1.82, 2.24) is 0 Å². The Labute approximate surface area is 96.1 Å². The third-order valence-electron chi connectivity index (χ3n) is 2.80. The van der Waals surface area contributed by atoms with Gasteiger partial charge in [0.1, 0.15) is 5.75 Å². The largest absolute Gasteiger partial charge is 0.496 e. The lowest BCUT2D eigenvalue weighted by Crippen LogP contribution is -2.05. The number of ether oxygens (including phenoxy) is 1. The molecule has 0 saturated heterocycles. The first-order chi connectivity index (χ1) is 7.45. The molecule has 88 valence electrons. The molecule has 0 radical (unpaired) electrons. The van der Waals surface area contributed by atoms with Gasteiger partial charge in [0.05, 0.1) is 13.5 Å². The minimum atomic E-state index is -0.764. The van der Waals surface area contributed by atoms with Crippen molar-refractivity contribution in [2.24, 2.45) is 0 Å². The van der Waals surface area contributed by atoms with Crippen molar-refractivity contribution < 1.29 is 14.6 Å². The number of rotatable bonds is 4. The monoisotopic (exact) mass is 222 g/mol. The van der Waals surface area contributed by atoms with E-state index in [2.05, 4.69) is 0 Å². The zero-order valence-electron chi connectivity index (χ0n) is 10.2. The van der Waals surface area contributed by atoms with Crippen LogP contribution in [0.3, 0.4) is 0 Å². The van der Waals surface area contributed by atoms with Crippen molar-refractivity contribution in [2.45, 2.75) is 33.1 Å². The number of carbonyl (C=O) groups is 1. The lowest BCUT2D eigenvalue weighted by Gasteiger charge is -2.15. The molecule has 0 amide bonds. The van der Waals surface area contributed by atoms with Crippen LogP contribution in [-0.4, -0.2) is 18.2 Å². The summed E-state index contributed by atoms with van der Waals surface area (Å²) in [6, 6.07) is 3.98. The Hall–Kier alpha value is -1.51. The van der Waals surface area contributed by atoms with Crippen LogP contribution in [-0.2, 0) is 4.79 Å². The van der Waals surface area contributed by atoms with Crippen molar-refractivity contribution in [3.63, 3.8) is 0 Å². The van der Waals surface area contributed by atoms with Gasteiger partial charge in [-0.15, -0.1) is 0 Å². The summed E-state index contributed by atoms with van der Waals surface area (Å²) in [5, 5.41) is 8.78. The van der Waals surface area contributed by atoms with Crippen LogP contribution in [0.25, 0.3) is 0 Å².